The fourth-order valence-corrected chi connectivity index (χ4v) is 1.74. The van der Waals surface area contributed by atoms with Crippen LogP contribution >= 0.6 is 0 Å². The number of hydrogen-bond acceptors (Lipinski definition) is 1. The van der Waals surface area contributed by atoms with E-state index in [1.807, 2.05) is 48.5 Å². The lowest BCUT2D eigenvalue weighted by Gasteiger charge is -2.05. The highest BCUT2D eigenvalue weighted by molar-refractivity contribution is 6.10. The molecule has 0 saturated heterocycles. The first-order chi connectivity index (χ1) is 8.74. The average molecular weight is 233 g/mol. The third-order valence-electron chi connectivity index (χ3n) is 2.87. The Hall–Kier alpha value is -2.41. The summed E-state index contributed by atoms with van der Waals surface area (Å²) in [6.45, 7) is 7.44. The number of benzene rings is 2. The van der Waals surface area contributed by atoms with E-state index in [1.165, 1.54) is 0 Å². The second-order valence-corrected chi connectivity index (χ2v) is 4.03. The zero-order valence-corrected chi connectivity index (χ0v) is 10.2. The van der Waals surface area contributed by atoms with Crippen LogP contribution in [0.5, 0.6) is 0 Å². The molecule has 0 radical (unpaired) electrons. The molecule has 0 aliphatic rings. The molecule has 0 bridgehead atoms. The molecule has 2 rings (SSSR count). The molecule has 2 aromatic carbocycles. The molecule has 0 saturated carbocycles. The van der Waals surface area contributed by atoms with Gasteiger partial charge >= 0.3 is 0 Å². The van der Waals surface area contributed by atoms with Crippen LogP contribution in [0.4, 0.5) is 0 Å². The highest BCUT2D eigenvalue weighted by Gasteiger charge is 2.03. The topological polar surface area (TPSA) is 23.9 Å². The highest BCUT2D eigenvalue weighted by Crippen LogP contribution is 2.13. The molecule has 0 heterocycles. The van der Waals surface area contributed by atoms with Gasteiger partial charge in [-0.3, -0.25) is 5.41 Å². The minimum absolute atomic E-state index is 0.529. The normalized spacial score (nSPS) is 9.78. The molecule has 18 heavy (non-hydrogen) atoms. The summed E-state index contributed by atoms with van der Waals surface area (Å²) in [5, 5.41) is 8.17. The van der Waals surface area contributed by atoms with Crippen molar-refractivity contribution in [2.24, 2.45) is 0 Å². The van der Waals surface area contributed by atoms with Crippen molar-refractivity contribution in [3.05, 3.63) is 83.9 Å². The Kier molecular flexibility index (Phi) is 3.54. The predicted octanol–water partition coefficient (Wildman–Crippen LogP) is 4.39. The van der Waals surface area contributed by atoms with Gasteiger partial charge in [-0.05, 0) is 11.1 Å². The van der Waals surface area contributed by atoms with E-state index in [4.69, 9.17) is 5.41 Å². The van der Waals surface area contributed by atoms with E-state index in [0.717, 1.165) is 22.3 Å². The highest BCUT2D eigenvalue weighted by atomic mass is 14.4. The van der Waals surface area contributed by atoms with Crippen LogP contribution in [0.25, 0.3) is 12.2 Å². The summed E-state index contributed by atoms with van der Waals surface area (Å²) in [7, 11) is 0. The fraction of sp³-hybridized carbons (Fsp3) is 0. The Morgan fingerprint density at radius 3 is 1.33 bits per heavy atom. The van der Waals surface area contributed by atoms with Gasteiger partial charge in [-0.25, -0.2) is 0 Å². The van der Waals surface area contributed by atoms with Crippen LogP contribution in [0.1, 0.15) is 22.3 Å². The van der Waals surface area contributed by atoms with E-state index in [9.17, 15) is 0 Å². The van der Waals surface area contributed by atoms with Gasteiger partial charge in [0, 0.05) is 11.1 Å². The molecule has 1 nitrogen and oxygen atoms in total. The van der Waals surface area contributed by atoms with E-state index < -0.39 is 0 Å². The summed E-state index contributed by atoms with van der Waals surface area (Å²) in [6.07, 6.45) is 3.60. The Labute approximate surface area is 108 Å². The maximum atomic E-state index is 8.17. The van der Waals surface area contributed by atoms with E-state index in [0.29, 0.717) is 5.71 Å². The minimum atomic E-state index is 0.529. The van der Waals surface area contributed by atoms with E-state index in [-0.39, 0.29) is 0 Å². The summed E-state index contributed by atoms with van der Waals surface area (Å²) in [5.41, 5.74) is 4.47. The van der Waals surface area contributed by atoms with Crippen LogP contribution in [0.2, 0.25) is 0 Å². The minimum Gasteiger partial charge on any atom is -0.300 e. The van der Waals surface area contributed by atoms with Crippen LogP contribution in [-0.2, 0) is 0 Å². The van der Waals surface area contributed by atoms with Crippen molar-refractivity contribution in [2.45, 2.75) is 0 Å². The molecule has 0 aliphatic carbocycles. The second kappa shape index (κ2) is 5.28. The monoisotopic (exact) mass is 233 g/mol. The van der Waals surface area contributed by atoms with Gasteiger partial charge in [0.2, 0.25) is 0 Å². The Bertz CT molecular complexity index is 521. The zero-order valence-electron chi connectivity index (χ0n) is 10.2. The van der Waals surface area contributed by atoms with Crippen LogP contribution in [0.15, 0.2) is 61.7 Å². The Morgan fingerprint density at radius 2 is 1.06 bits per heavy atom. The summed E-state index contributed by atoms with van der Waals surface area (Å²) in [6, 6.07) is 15.6. The number of hydrogen-bond donors (Lipinski definition) is 1. The molecule has 0 atom stereocenters. The van der Waals surface area contributed by atoms with Gasteiger partial charge in [-0.1, -0.05) is 73.8 Å². The molecule has 0 aliphatic heterocycles. The molecule has 0 fully saturated rings. The lowest BCUT2D eigenvalue weighted by molar-refractivity contribution is 1.45. The molecule has 1 N–H and O–H groups in total. The lowest BCUT2D eigenvalue weighted by Crippen LogP contribution is -2.00. The van der Waals surface area contributed by atoms with Crippen molar-refractivity contribution in [1.29, 1.82) is 5.41 Å². The molecular formula is C17H15N. The molecule has 88 valence electrons. The maximum absolute atomic E-state index is 8.17. The summed E-state index contributed by atoms with van der Waals surface area (Å²) in [4.78, 5) is 0. The molecule has 0 spiro atoms. The number of nitrogens with one attached hydrogen (secondary N) is 1. The third-order valence-corrected chi connectivity index (χ3v) is 2.87. The van der Waals surface area contributed by atoms with Gasteiger partial charge < -0.3 is 0 Å². The van der Waals surface area contributed by atoms with Crippen molar-refractivity contribution >= 4 is 17.9 Å². The molecule has 0 amide bonds. The average Bonchev–Trinajstić information content (AvgIpc) is 2.47. The quantitative estimate of drug-likeness (QED) is 0.757. The SMILES string of the molecule is C=Cc1ccc(C(=N)c2ccc(C=C)cc2)cc1. The fourth-order valence-electron chi connectivity index (χ4n) is 1.74. The van der Waals surface area contributed by atoms with Crippen LogP contribution in [0, 0.1) is 5.41 Å². The summed E-state index contributed by atoms with van der Waals surface area (Å²) < 4.78 is 0. The smallest absolute Gasteiger partial charge is 0.0684 e. The standard InChI is InChI=1S/C17H15N/c1-3-13-5-9-15(10-6-13)17(18)16-11-7-14(4-2)8-12-16/h3-12,18H,1-2H2. The Morgan fingerprint density at radius 1 is 0.722 bits per heavy atom. The van der Waals surface area contributed by atoms with Crippen LogP contribution < -0.4 is 0 Å². The molecular weight excluding hydrogens is 218 g/mol. The van der Waals surface area contributed by atoms with Crippen LogP contribution in [0.3, 0.4) is 0 Å². The molecule has 0 unspecified atom stereocenters. The Balaban J connectivity index is 2.28. The largest absolute Gasteiger partial charge is 0.300 e. The van der Waals surface area contributed by atoms with Gasteiger partial charge in [0.15, 0.2) is 0 Å². The van der Waals surface area contributed by atoms with Gasteiger partial charge in [0.1, 0.15) is 0 Å². The van der Waals surface area contributed by atoms with Crippen molar-refractivity contribution in [2.75, 3.05) is 0 Å². The van der Waals surface area contributed by atoms with Gasteiger partial charge in [0.25, 0.3) is 0 Å². The first-order valence-electron chi connectivity index (χ1n) is 5.79. The predicted molar refractivity (Wildman–Crippen MR) is 79.0 cm³/mol. The second-order valence-electron chi connectivity index (χ2n) is 4.03. The van der Waals surface area contributed by atoms with Gasteiger partial charge in [-0.2, -0.15) is 0 Å². The van der Waals surface area contributed by atoms with Gasteiger partial charge in [-0.15, -0.1) is 0 Å². The lowest BCUT2D eigenvalue weighted by atomic mass is 10.0. The van der Waals surface area contributed by atoms with Crippen molar-refractivity contribution in [3.8, 4) is 0 Å². The molecule has 2 aromatic rings. The zero-order chi connectivity index (χ0) is 13.0. The van der Waals surface area contributed by atoms with Gasteiger partial charge in [0.05, 0.1) is 5.71 Å². The first kappa shape index (κ1) is 12.1. The van der Waals surface area contributed by atoms with E-state index in [2.05, 4.69) is 13.2 Å². The van der Waals surface area contributed by atoms with Crippen molar-refractivity contribution in [3.63, 3.8) is 0 Å². The maximum Gasteiger partial charge on any atom is 0.0684 e. The van der Waals surface area contributed by atoms with E-state index in [1.54, 1.807) is 12.2 Å². The number of rotatable bonds is 4. The first-order valence-corrected chi connectivity index (χ1v) is 5.79. The molecule has 0 aromatic heterocycles. The molecule has 1 heteroatoms. The van der Waals surface area contributed by atoms with Crippen molar-refractivity contribution in [1.82, 2.24) is 0 Å². The third kappa shape index (κ3) is 2.46. The summed E-state index contributed by atoms with van der Waals surface area (Å²) in [5.74, 6) is 0. The van der Waals surface area contributed by atoms with Crippen molar-refractivity contribution < 1.29 is 0 Å². The summed E-state index contributed by atoms with van der Waals surface area (Å²) >= 11 is 0. The van der Waals surface area contributed by atoms with E-state index >= 15 is 0 Å². The van der Waals surface area contributed by atoms with Crippen LogP contribution in [-0.4, -0.2) is 5.71 Å².